The number of benzene rings is 2. The van der Waals surface area contributed by atoms with Crippen molar-refractivity contribution in [1.29, 1.82) is 5.26 Å². The quantitative estimate of drug-likeness (QED) is 0.826. The lowest BCUT2D eigenvalue weighted by atomic mass is 9.95. The predicted molar refractivity (Wildman–Crippen MR) is 62.5 cm³/mol. The zero-order valence-corrected chi connectivity index (χ0v) is 8.72. The van der Waals surface area contributed by atoms with Crippen molar-refractivity contribution in [2.24, 2.45) is 0 Å². The van der Waals surface area contributed by atoms with Crippen molar-refractivity contribution in [1.82, 2.24) is 0 Å². The lowest BCUT2D eigenvalue weighted by Crippen LogP contribution is -1.92. The first kappa shape index (κ1) is 10.4. The van der Waals surface area contributed by atoms with E-state index in [4.69, 9.17) is 5.26 Å². The Bertz CT molecular complexity index is 526. The number of aliphatic hydroxyl groups is 1. The van der Waals surface area contributed by atoms with Crippen molar-refractivity contribution < 1.29 is 5.11 Å². The molecule has 0 unspecified atom stereocenters. The predicted octanol–water partition coefficient (Wildman–Crippen LogP) is 2.72. The zero-order valence-electron chi connectivity index (χ0n) is 8.72. The average Bonchev–Trinajstić information content (AvgIpc) is 2.38. The maximum atomic E-state index is 9.29. The van der Waals surface area contributed by atoms with Crippen molar-refractivity contribution in [3.63, 3.8) is 0 Å². The van der Waals surface area contributed by atoms with Crippen LogP contribution in [-0.2, 0) is 6.61 Å². The third-order valence-electron chi connectivity index (χ3n) is 2.50. The van der Waals surface area contributed by atoms with E-state index >= 15 is 0 Å². The Balaban J connectivity index is 2.68. The molecule has 0 radical (unpaired) electrons. The van der Waals surface area contributed by atoms with Crippen molar-refractivity contribution in [3.05, 3.63) is 59.7 Å². The van der Waals surface area contributed by atoms with Gasteiger partial charge < -0.3 is 5.11 Å². The summed E-state index contributed by atoms with van der Waals surface area (Å²) in [5.74, 6) is 0. The minimum Gasteiger partial charge on any atom is -0.392 e. The van der Waals surface area contributed by atoms with Gasteiger partial charge in [0, 0.05) is 5.56 Å². The molecule has 2 rings (SSSR count). The number of nitrogens with zero attached hydrogens (tertiary/aromatic N) is 1. The van der Waals surface area contributed by atoms with Crippen LogP contribution < -0.4 is 0 Å². The fraction of sp³-hybridized carbons (Fsp3) is 0.0714. The van der Waals surface area contributed by atoms with E-state index in [-0.39, 0.29) is 6.61 Å². The fourth-order valence-electron chi connectivity index (χ4n) is 1.77. The monoisotopic (exact) mass is 209 g/mol. The van der Waals surface area contributed by atoms with Gasteiger partial charge in [-0.15, -0.1) is 0 Å². The highest BCUT2D eigenvalue weighted by molar-refractivity contribution is 5.73. The minimum atomic E-state index is -0.0558. The Morgan fingerprint density at radius 3 is 2.38 bits per heavy atom. The summed E-state index contributed by atoms with van der Waals surface area (Å²) >= 11 is 0. The van der Waals surface area contributed by atoms with Gasteiger partial charge in [0.2, 0.25) is 0 Å². The Labute approximate surface area is 94.4 Å². The fourth-order valence-corrected chi connectivity index (χ4v) is 1.77. The molecular weight excluding hydrogens is 198 g/mol. The van der Waals surface area contributed by atoms with Gasteiger partial charge >= 0.3 is 0 Å². The lowest BCUT2D eigenvalue weighted by molar-refractivity contribution is 0.282. The summed E-state index contributed by atoms with van der Waals surface area (Å²) in [6.07, 6.45) is 0. The number of aliphatic hydroxyl groups excluding tert-OH is 1. The smallest absolute Gasteiger partial charge is 0.0998 e. The van der Waals surface area contributed by atoms with Gasteiger partial charge in [-0.1, -0.05) is 42.5 Å². The first-order chi connectivity index (χ1) is 7.86. The maximum Gasteiger partial charge on any atom is 0.0998 e. The maximum absolute atomic E-state index is 9.29. The van der Waals surface area contributed by atoms with E-state index < -0.39 is 0 Å². The number of rotatable bonds is 2. The summed E-state index contributed by atoms with van der Waals surface area (Å²) in [4.78, 5) is 0. The lowest BCUT2D eigenvalue weighted by Gasteiger charge is -2.09. The molecule has 0 aliphatic heterocycles. The molecule has 0 amide bonds. The second kappa shape index (κ2) is 4.61. The Morgan fingerprint density at radius 2 is 1.75 bits per heavy atom. The van der Waals surface area contributed by atoms with Crippen LogP contribution in [0.15, 0.2) is 48.5 Å². The normalized spacial score (nSPS) is 9.75. The Morgan fingerprint density at radius 1 is 1.00 bits per heavy atom. The Hall–Kier alpha value is -2.11. The van der Waals surface area contributed by atoms with Gasteiger partial charge in [0.25, 0.3) is 0 Å². The molecule has 0 spiro atoms. The SMILES string of the molecule is N#Cc1cccc(CO)c1-c1ccccc1. The molecule has 78 valence electrons. The van der Waals surface area contributed by atoms with Crippen LogP contribution in [0.2, 0.25) is 0 Å². The average molecular weight is 209 g/mol. The number of nitriles is 1. The second-order valence-corrected chi connectivity index (χ2v) is 3.48. The van der Waals surface area contributed by atoms with Crippen LogP contribution in [0.5, 0.6) is 0 Å². The van der Waals surface area contributed by atoms with Gasteiger partial charge in [0.1, 0.15) is 0 Å². The molecular formula is C14H11NO. The van der Waals surface area contributed by atoms with Crippen molar-refractivity contribution >= 4 is 0 Å². The summed E-state index contributed by atoms with van der Waals surface area (Å²) in [6.45, 7) is -0.0558. The molecule has 0 atom stereocenters. The first-order valence-electron chi connectivity index (χ1n) is 5.05. The third kappa shape index (κ3) is 1.81. The highest BCUT2D eigenvalue weighted by atomic mass is 16.3. The van der Waals surface area contributed by atoms with Crippen LogP contribution in [0.25, 0.3) is 11.1 Å². The van der Waals surface area contributed by atoms with E-state index in [1.165, 1.54) is 0 Å². The molecule has 2 aromatic rings. The largest absolute Gasteiger partial charge is 0.392 e. The van der Waals surface area contributed by atoms with Gasteiger partial charge in [0.15, 0.2) is 0 Å². The number of hydrogen-bond donors (Lipinski definition) is 1. The molecule has 2 heteroatoms. The van der Waals surface area contributed by atoms with Crippen LogP contribution in [0.1, 0.15) is 11.1 Å². The molecule has 2 nitrogen and oxygen atoms in total. The molecule has 0 aliphatic rings. The third-order valence-corrected chi connectivity index (χ3v) is 2.50. The Kier molecular flexibility index (Phi) is 3.00. The molecule has 0 saturated carbocycles. The van der Waals surface area contributed by atoms with Gasteiger partial charge in [-0.25, -0.2) is 0 Å². The van der Waals surface area contributed by atoms with Crippen molar-refractivity contribution in [2.45, 2.75) is 6.61 Å². The zero-order chi connectivity index (χ0) is 11.4. The van der Waals surface area contributed by atoms with E-state index in [1.807, 2.05) is 36.4 Å². The molecule has 0 aromatic heterocycles. The van der Waals surface area contributed by atoms with Crippen LogP contribution in [0.4, 0.5) is 0 Å². The van der Waals surface area contributed by atoms with Crippen molar-refractivity contribution in [3.8, 4) is 17.2 Å². The van der Waals surface area contributed by atoms with Crippen LogP contribution in [0, 0.1) is 11.3 Å². The van der Waals surface area contributed by atoms with Crippen LogP contribution >= 0.6 is 0 Å². The van der Waals surface area contributed by atoms with E-state index in [1.54, 1.807) is 12.1 Å². The summed E-state index contributed by atoms with van der Waals surface area (Å²) < 4.78 is 0. The van der Waals surface area contributed by atoms with E-state index in [0.717, 1.165) is 16.7 Å². The summed E-state index contributed by atoms with van der Waals surface area (Å²) in [6, 6.07) is 17.2. The highest BCUT2D eigenvalue weighted by Crippen LogP contribution is 2.27. The molecule has 1 N–H and O–H groups in total. The number of hydrogen-bond acceptors (Lipinski definition) is 2. The van der Waals surface area contributed by atoms with Crippen LogP contribution in [-0.4, -0.2) is 5.11 Å². The molecule has 0 heterocycles. The van der Waals surface area contributed by atoms with E-state index in [2.05, 4.69) is 6.07 Å². The topological polar surface area (TPSA) is 44.0 Å². The summed E-state index contributed by atoms with van der Waals surface area (Å²) in [5, 5.41) is 18.4. The van der Waals surface area contributed by atoms with Crippen LogP contribution in [0.3, 0.4) is 0 Å². The second-order valence-electron chi connectivity index (χ2n) is 3.48. The van der Waals surface area contributed by atoms with Gasteiger partial charge in [-0.2, -0.15) is 5.26 Å². The molecule has 2 aromatic carbocycles. The van der Waals surface area contributed by atoms with Gasteiger partial charge in [-0.05, 0) is 17.2 Å². The molecule has 0 fully saturated rings. The van der Waals surface area contributed by atoms with Gasteiger partial charge in [0.05, 0.1) is 18.2 Å². The summed E-state index contributed by atoms with van der Waals surface area (Å²) in [7, 11) is 0. The standard InChI is InChI=1S/C14H11NO/c15-9-12-7-4-8-13(10-16)14(12)11-5-2-1-3-6-11/h1-8,16H,10H2. The van der Waals surface area contributed by atoms with E-state index in [0.29, 0.717) is 5.56 Å². The van der Waals surface area contributed by atoms with Crippen molar-refractivity contribution in [2.75, 3.05) is 0 Å². The molecule has 0 aliphatic carbocycles. The minimum absolute atomic E-state index is 0.0558. The first-order valence-corrected chi connectivity index (χ1v) is 5.05. The van der Waals surface area contributed by atoms with Gasteiger partial charge in [-0.3, -0.25) is 0 Å². The molecule has 0 saturated heterocycles. The van der Waals surface area contributed by atoms with E-state index in [9.17, 15) is 5.11 Å². The molecule has 0 bridgehead atoms. The highest BCUT2D eigenvalue weighted by Gasteiger charge is 2.08. The summed E-state index contributed by atoms with van der Waals surface area (Å²) in [5.41, 5.74) is 3.17. The molecule has 16 heavy (non-hydrogen) atoms.